The van der Waals surface area contributed by atoms with Crippen molar-refractivity contribution < 1.29 is 14.7 Å². The van der Waals surface area contributed by atoms with Crippen LogP contribution < -0.4 is 0 Å². The lowest BCUT2D eigenvalue weighted by molar-refractivity contribution is 0.0696. The van der Waals surface area contributed by atoms with Gasteiger partial charge >= 0.3 is 5.97 Å². The van der Waals surface area contributed by atoms with E-state index in [0.29, 0.717) is 18.5 Å². The highest BCUT2D eigenvalue weighted by Crippen LogP contribution is 2.08. The van der Waals surface area contributed by atoms with Crippen molar-refractivity contribution in [2.75, 3.05) is 0 Å². The highest BCUT2D eigenvalue weighted by atomic mass is 16.4. The predicted octanol–water partition coefficient (Wildman–Crippen LogP) is 2.22. The van der Waals surface area contributed by atoms with E-state index in [1.54, 1.807) is 41.3 Å². The van der Waals surface area contributed by atoms with Gasteiger partial charge < -0.3 is 5.11 Å². The zero-order chi connectivity index (χ0) is 13.8. The average molecular weight is 258 g/mol. The van der Waals surface area contributed by atoms with E-state index in [4.69, 9.17) is 5.11 Å². The molecule has 1 aromatic carbocycles. The van der Waals surface area contributed by atoms with Gasteiger partial charge in [-0.2, -0.15) is 5.10 Å². The molecule has 0 fully saturated rings. The third-order valence-electron chi connectivity index (χ3n) is 2.82. The molecule has 0 unspecified atom stereocenters. The lowest BCUT2D eigenvalue weighted by Crippen LogP contribution is -2.02. The number of Topliss-reactive ketones (excluding diaryl/α,β-unsaturated/α-hetero) is 1. The van der Waals surface area contributed by atoms with Crippen molar-refractivity contribution in [3.05, 3.63) is 53.3 Å². The van der Waals surface area contributed by atoms with Gasteiger partial charge in [0.2, 0.25) is 0 Å². The van der Waals surface area contributed by atoms with Crippen LogP contribution in [-0.4, -0.2) is 26.6 Å². The summed E-state index contributed by atoms with van der Waals surface area (Å²) in [5, 5.41) is 12.9. The second-order valence-electron chi connectivity index (χ2n) is 4.21. The van der Waals surface area contributed by atoms with E-state index in [-0.39, 0.29) is 11.3 Å². The van der Waals surface area contributed by atoms with Crippen LogP contribution in [0, 0.1) is 0 Å². The number of nitrogens with zero attached hydrogens (tertiary/aromatic N) is 2. The first-order valence-corrected chi connectivity index (χ1v) is 5.98. The number of rotatable bonds is 5. The Morgan fingerprint density at radius 2 is 1.89 bits per heavy atom. The highest BCUT2D eigenvalue weighted by Gasteiger charge is 2.07. The van der Waals surface area contributed by atoms with Crippen molar-refractivity contribution >= 4 is 11.8 Å². The van der Waals surface area contributed by atoms with Crippen LogP contribution in [0.5, 0.6) is 0 Å². The van der Waals surface area contributed by atoms with E-state index in [1.807, 2.05) is 6.92 Å². The quantitative estimate of drug-likeness (QED) is 0.835. The van der Waals surface area contributed by atoms with E-state index < -0.39 is 5.97 Å². The van der Waals surface area contributed by atoms with E-state index in [2.05, 4.69) is 5.10 Å². The molecule has 0 amide bonds. The monoisotopic (exact) mass is 258 g/mol. The summed E-state index contributed by atoms with van der Waals surface area (Å²) in [5.74, 6) is -0.881. The number of hydrogen-bond donors (Lipinski definition) is 1. The molecule has 98 valence electrons. The van der Waals surface area contributed by atoms with Crippen molar-refractivity contribution in [2.45, 2.75) is 19.9 Å². The molecule has 0 radical (unpaired) electrons. The fourth-order valence-corrected chi connectivity index (χ4v) is 1.74. The summed E-state index contributed by atoms with van der Waals surface area (Å²) >= 11 is 0. The fourth-order valence-electron chi connectivity index (χ4n) is 1.74. The first kappa shape index (κ1) is 13.0. The summed E-state index contributed by atoms with van der Waals surface area (Å²) in [6.45, 7) is 2.32. The topological polar surface area (TPSA) is 72.2 Å². The third-order valence-corrected chi connectivity index (χ3v) is 2.82. The van der Waals surface area contributed by atoms with Crippen LogP contribution in [0.15, 0.2) is 36.7 Å². The minimum Gasteiger partial charge on any atom is -0.478 e. The number of hydrogen-bond acceptors (Lipinski definition) is 3. The number of ketones is 1. The Hall–Kier alpha value is -2.43. The molecule has 1 heterocycles. The molecule has 5 heteroatoms. The van der Waals surface area contributed by atoms with Crippen LogP contribution in [0.2, 0.25) is 0 Å². The van der Waals surface area contributed by atoms with E-state index >= 15 is 0 Å². The first-order chi connectivity index (χ1) is 9.10. The maximum Gasteiger partial charge on any atom is 0.335 e. The number of benzene rings is 1. The van der Waals surface area contributed by atoms with Crippen molar-refractivity contribution in [3.8, 4) is 0 Å². The molecule has 1 N–H and O–H groups in total. The normalized spacial score (nSPS) is 10.4. The lowest BCUT2D eigenvalue weighted by Gasteiger charge is -2.02. The van der Waals surface area contributed by atoms with Crippen LogP contribution in [0.1, 0.15) is 39.6 Å². The van der Waals surface area contributed by atoms with Crippen LogP contribution >= 0.6 is 0 Å². The maximum atomic E-state index is 11.5. The zero-order valence-electron chi connectivity index (χ0n) is 10.5. The summed E-state index contributed by atoms with van der Waals surface area (Å²) in [6.07, 6.45) is 3.72. The Morgan fingerprint density at radius 3 is 2.47 bits per heavy atom. The van der Waals surface area contributed by atoms with Crippen molar-refractivity contribution in [1.29, 1.82) is 0 Å². The van der Waals surface area contributed by atoms with Gasteiger partial charge in [-0.25, -0.2) is 4.79 Å². The van der Waals surface area contributed by atoms with Crippen LogP contribution in [0.4, 0.5) is 0 Å². The summed E-state index contributed by atoms with van der Waals surface area (Å²) in [5.41, 5.74) is 1.79. The smallest absolute Gasteiger partial charge is 0.335 e. The molecule has 1 aromatic heterocycles. The number of aromatic carboxylic acids is 1. The number of carbonyl (C=O) groups is 2. The molecule has 5 nitrogen and oxygen atoms in total. The SMILES string of the molecule is CCC(=O)c1cnn(Cc2ccc(C(=O)O)cc2)c1. The number of carboxylic acids is 1. The van der Waals surface area contributed by atoms with Gasteiger partial charge in [0.05, 0.1) is 23.9 Å². The molecule has 0 saturated heterocycles. The van der Waals surface area contributed by atoms with E-state index in [1.165, 1.54) is 0 Å². The fraction of sp³-hybridized carbons (Fsp3) is 0.214. The second kappa shape index (κ2) is 5.48. The molecule has 2 rings (SSSR count). The van der Waals surface area contributed by atoms with Gasteiger partial charge in [0, 0.05) is 12.6 Å². The minimum atomic E-state index is -0.943. The predicted molar refractivity (Wildman–Crippen MR) is 69.4 cm³/mol. The highest BCUT2D eigenvalue weighted by molar-refractivity contribution is 5.95. The Balaban J connectivity index is 2.10. The number of aromatic nitrogens is 2. The molecule has 0 bridgehead atoms. The van der Waals surface area contributed by atoms with Gasteiger partial charge in [-0.15, -0.1) is 0 Å². The van der Waals surface area contributed by atoms with Gasteiger partial charge in [0.25, 0.3) is 0 Å². The molecule has 0 aliphatic rings. The van der Waals surface area contributed by atoms with E-state index in [0.717, 1.165) is 5.56 Å². The van der Waals surface area contributed by atoms with Crippen molar-refractivity contribution in [2.24, 2.45) is 0 Å². The molecule has 0 atom stereocenters. The lowest BCUT2D eigenvalue weighted by atomic mass is 10.1. The average Bonchev–Trinajstić information content (AvgIpc) is 2.87. The molecule has 0 aliphatic carbocycles. The molecule has 0 spiro atoms. The third kappa shape index (κ3) is 3.07. The summed E-state index contributed by atoms with van der Waals surface area (Å²) in [6, 6.07) is 6.59. The zero-order valence-corrected chi connectivity index (χ0v) is 10.5. The van der Waals surface area contributed by atoms with Gasteiger partial charge in [-0.3, -0.25) is 9.48 Å². The van der Waals surface area contributed by atoms with Crippen molar-refractivity contribution in [3.63, 3.8) is 0 Å². The molecule has 0 aliphatic heterocycles. The van der Waals surface area contributed by atoms with Gasteiger partial charge in [-0.05, 0) is 17.7 Å². The van der Waals surface area contributed by atoms with Crippen LogP contribution in [-0.2, 0) is 6.54 Å². The summed E-state index contributed by atoms with van der Waals surface area (Å²) in [7, 11) is 0. The Kier molecular flexibility index (Phi) is 3.75. The molecule has 2 aromatic rings. The molecular formula is C14H14N2O3. The van der Waals surface area contributed by atoms with Gasteiger partial charge in [0.1, 0.15) is 0 Å². The van der Waals surface area contributed by atoms with Crippen molar-refractivity contribution in [1.82, 2.24) is 9.78 Å². The minimum absolute atomic E-state index is 0.0625. The standard InChI is InChI=1S/C14H14N2O3/c1-2-13(17)12-7-15-16(9-12)8-10-3-5-11(6-4-10)14(18)19/h3-7,9H,2,8H2,1H3,(H,18,19). The van der Waals surface area contributed by atoms with Gasteiger partial charge in [0.15, 0.2) is 5.78 Å². The maximum absolute atomic E-state index is 11.5. The largest absolute Gasteiger partial charge is 0.478 e. The second-order valence-corrected chi connectivity index (χ2v) is 4.21. The van der Waals surface area contributed by atoms with E-state index in [9.17, 15) is 9.59 Å². The first-order valence-electron chi connectivity index (χ1n) is 5.98. The van der Waals surface area contributed by atoms with Crippen LogP contribution in [0.25, 0.3) is 0 Å². The van der Waals surface area contributed by atoms with Gasteiger partial charge in [-0.1, -0.05) is 19.1 Å². The van der Waals surface area contributed by atoms with Crippen LogP contribution in [0.3, 0.4) is 0 Å². The Bertz CT molecular complexity index is 599. The number of carbonyl (C=O) groups excluding carboxylic acids is 1. The Labute approximate surface area is 110 Å². The Morgan fingerprint density at radius 1 is 1.21 bits per heavy atom. The molecular weight excluding hydrogens is 244 g/mol. The number of carboxylic acid groups (broad SMARTS) is 1. The summed E-state index contributed by atoms with van der Waals surface area (Å²) in [4.78, 5) is 22.2. The molecule has 0 saturated carbocycles. The molecule has 19 heavy (non-hydrogen) atoms. The summed E-state index contributed by atoms with van der Waals surface area (Å²) < 4.78 is 1.67.